The fraction of sp³-hybridized carbons (Fsp3) is 0.400. The van der Waals surface area contributed by atoms with E-state index >= 15 is 0 Å². The molecule has 0 bridgehead atoms. The van der Waals surface area contributed by atoms with Crippen molar-refractivity contribution in [2.75, 3.05) is 0 Å². The van der Waals surface area contributed by atoms with Crippen LogP contribution >= 0.6 is 0 Å². The molecule has 0 heterocycles. The van der Waals surface area contributed by atoms with Gasteiger partial charge in [-0.15, -0.1) is 0 Å². The first-order chi connectivity index (χ1) is 5.07. The molecule has 0 aromatic carbocycles. The van der Waals surface area contributed by atoms with Crippen molar-refractivity contribution in [2.45, 2.75) is 26.9 Å². The summed E-state index contributed by atoms with van der Waals surface area (Å²) in [5.41, 5.74) is 2.14. The van der Waals surface area contributed by atoms with Gasteiger partial charge in [-0.25, -0.2) is 4.39 Å². The summed E-state index contributed by atoms with van der Waals surface area (Å²) in [5.74, 6) is 0. The molecule has 0 nitrogen and oxygen atoms in total. The summed E-state index contributed by atoms with van der Waals surface area (Å²) < 4.78 is 12.3. The van der Waals surface area contributed by atoms with Crippen molar-refractivity contribution >= 4 is 0 Å². The fourth-order valence-corrected chi connectivity index (χ4v) is 0.569. The first-order valence-electron chi connectivity index (χ1n) is 3.70. The Morgan fingerprint density at radius 2 is 1.91 bits per heavy atom. The largest absolute Gasteiger partial charge is 0.243 e. The SMILES string of the molecule is C=C/C(C)=C(C)\C=C/C(C)F. The second-order valence-corrected chi connectivity index (χ2v) is 2.61. The zero-order valence-electron chi connectivity index (χ0n) is 7.39. The Hall–Kier alpha value is -0.850. The molecule has 0 rings (SSSR count). The van der Waals surface area contributed by atoms with Gasteiger partial charge in [-0.2, -0.15) is 0 Å². The van der Waals surface area contributed by atoms with Gasteiger partial charge in [0.15, 0.2) is 0 Å². The molecule has 0 aliphatic rings. The number of rotatable bonds is 3. The summed E-state index contributed by atoms with van der Waals surface area (Å²) in [6, 6.07) is 0. The van der Waals surface area contributed by atoms with Crippen molar-refractivity contribution in [2.24, 2.45) is 0 Å². The van der Waals surface area contributed by atoms with Crippen LogP contribution < -0.4 is 0 Å². The van der Waals surface area contributed by atoms with Crippen LogP contribution in [0.1, 0.15) is 20.8 Å². The smallest absolute Gasteiger partial charge is 0.116 e. The van der Waals surface area contributed by atoms with Gasteiger partial charge in [0.1, 0.15) is 6.17 Å². The quantitative estimate of drug-likeness (QED) is 0.546. The number of halogens is 1. The minimum Gasteiger partial charge on any atom is -0.243 e. The minimum atomic E-state index is -0.873. The van der Waals surface area contributed by atoms with E-state index in [1.165, 1.54) is 13.0 Å². The summed E-state index contributed by atoms with van der Waals surface area (Å²) in [6.07, 6.45) is 4.20. The third-order valence-electron chi connectivity index (χ3n) is 1.54. The van der Waals surface area contributed by atoms with Gasteiger partial charge in [-0.05, 0) is 31.9 Å². The van der Waals surface area contributed by atoms with Gasteiger partial charge >= 0.3 is 0 Å². The van der Waals surface area contributed by atoms with E-state index in [-0.39, 0.29) is 0 Å². The van der Waals surface area contributed by atoms with E-state index in [2.05, 4.69) is 6.58 Å². The summed E-state index contributed by atoms with van der Waals surface area (Å²) in [6.45, 7) is 9.02. The van der Waals surface area contributed by atoms with Crippen LogP contribution in [0.4, 0.5) is 4.39 Å². The highest BCUT2D eigenvalue weighted by Crippen LogP contribution is 2.06. The highest BCUT2D eigenvalue weighted by atomic mass is 19.1. The van der Waals surface area contributed by atoms with E-state index in [9.17, 15) is 4.39 Å². The van der Waals surface area contributed by atoms with Crippen molar-refractivity contribution in [1.82, 2.24) is 0 Å². The first kappa shape index (κ1) is 10.2. The van der Waals surface area contributed by atoms with E-state index in [4.69, 9.17) is 0 Å². The van der Waals surface area contributed by atoms with Gasteiger partial charge in [-0.1, -0.05) is 24.8 Å². The molecule has 0 aliphatic heterocycles. The average Bonchev–Trinajstić information content (AvgIpc) is 1.98. The molecule has 0 aliphatic carbocycles. The molecule has 0 amide bonds. The Kier molecular flexibility index (Phi) is 4.51. The van der Waals surface area contributed by atoms with Gasteiger partial charge in [0.25, 0.3) is 0 Å². The maximum Gasteiger partial charge on any atom is 0.116 e. The van der Waals surface area contributed by atoms with E-state index in [0.29, 0.717) is 0 Å². The monoisotopic (exact) mass is 154 g/mol. The maximum atomic E-state index is 12.3. The van der Waals surface area contributed by atoms with E-state index in [0.717, 1.165) is 11.1 Å². The van der Waals surface area contributed by atoms with Crippen LogP contribution in [-0.4, -0.2) is 6.17 Å². The summed E-state index contributed by atoms with van der Waals surface area (Å²) in [4.78, 5) is 0. The van der Waals surface area contributed by atoms with E-state index < -0.39 is 6.17 Å². The van der Waals surface area contributed by atoms with Crippen molar-refractivity contribution in [3.05, 3.63) is 36.0 Å². The van der Waals surface area contributed by atoms with Crippen molar-refractivity contribution in [1.29, 1.82) is 0 Å². The van der Waals surface area contributed by atoms with Crippen molar-refractivity contribution in [3.63, 3.8) is 0 Å². The average molecular weight is 154 g/mol. The Labute approximate surface area is 68.1 Å². The number of hydrogen-bond donors (Lipinski definition) is 0. The molecule has 0 aromatic rings. The Morgan fingerprint density at radius 1 is 1.36 bits per heavy atom. The molecule has 0 spiro atoms. The van der Waals surface area contributed by atoms with Crippen LogP contribution in [0, 0.1) is 0 Å². The molecular formula is C10H15F. The number of allylic oxidation sites excluding steroid dienone is 5. The summed E-state index contributed by atoms with van der Waals surface area (Å²) in [7, 11) is 0. The normalized spacial score (nSPS) is 16.4. The lowest BCUT2D eigenvalue weighted by molar-refractivity contribution is 0.430. The topological polar surface area (TPSA) is 0 Å². The zero-order valence-corrected chi connectivity index (χ0v) is 7.39. The van der Waals surface area contributed by atoms with Gasteiger partial charge in [0.2, 0.25) is 0 Å². The standard InChI is InChI=1S/C10H15F/c1-5-8(2)9(3)6-7-10(4)11/h5-7,10H,1H2,2-4H3/b7-6-,9-8-. The minimum absolute atomic E-state index is 0.873. The third-order valence-corrected chi connectivity index (χ3v) is 1.54. The predicted octanol–water partition coefficient (Wildman–Crippen LogP) is 3.42. The summed E-state index contributed by atoms with van der Waals surface area (Å²) in [5, 5.41) is 0. The Bertz CT molecular complexity index is 185. The highest BCUT2D eigenvalue weighted by molar-refractivity contribution is 5.29. The van der Waals surface area contributed by atoms with Crippen LogP contribution in [-0.2, 0) is 0 Å². The Morgan fingerprint density at radius 3 is 2.27 bits per heavy atom. The van der Waals surface area contributed by atoms with Crippen molar-refractivity contribution in [3.8, 4) is 0 Å². The predicted molar refractivity (Wildman–Crippen MR) is 48.3 cm³/mol. The molecule has 11 heavy (non-hydrogen) atoms. The van der Waals surface area contributed by atoms with Crippen LogP contribution in [0.3, 0.4) is 0 Å². The second kappa shape index (κ2) is 4.89. The van der Waals surface area contributed by atoms with Crippen LogP contribution in [0.15, 0.2) is 36.0 Å². The molecule has 0 aromatic heterocycles. The number of hydrogen-bond acceptors (Lipinski definition) is 0. The molecule has 1 unspecified atom stereocenters. The van der Waals surface area contributed by atoms with E-state index in [1.807, 2.05) is 13.8 Å². The lowest BCUT2D eigenvalue weighted by atomic mass is 10.1. The van der Waals surface area contributed by atoms with Gasteiger partial charge in [0, 0.05) is 0 Å². The van der Waals surface area contributed by atoms with Gasteiger partial charge in [-0.3, -0.25) is 0 Å². The molecular weight excluding hydrogens is 139 g/mol. The lowest BCUT2D eigenvalue weighted by Gasteiger charge is -1.96. The molecule has 0 saturated carbocycles. The van der Waals surface area contributed by atoms with Crippen LogP contribution in [0.5, 0.6) is 0 Å². The molecule has 1 atom stereocenters. The highest BCUT2D eigenvalue weighted by Gasteiger charge is 1.90. The number of alkyl halides is 1. The third kappa shape index (κ3) is 4.54. The molecule has 0 saturated heterocycles. The maximum absolute atomic E-state index is 12.3. The zero-order chi connectivity index (χ0) is 8.85. The van der Waals surface area contributed by atoms with Gasteiger partial charge in [0.05, 0.1) is 0 Å². The van der Waals surface area contributed by atoms with Crippen LogP contribution in [0.25, 0.3) is 0 Å². The fourth-order valence-electron chi connectivity index (χ4n) is 0.569. The second-order valence-electron chi connectivity index (χ2n) is 2.61. The van der Waals surface area contributed by atoms with E-state index in [1.54, 1.807) is 12.2 Å². The van der Waals surface area contributed by atoms with Crippen LogP contribution in [0.2, 0.25) is 0 Å². The molecule has 1 heteroatoms. The lowest BCUT2D eigenvalue weighted by Crippen LogP contribution is -1.84. The van der Waals surface area contributed by atoms with Crippen molar-refractivity contribution < 1.29 is 4.39 Å². The molecule has 0 fully saturated rings. The molecule has 62 valence electrons. The molecule has 0 N–H and O–H groups in total. The molecule has 0 radical (unpaired) electrons. The first-order valence-corrected chi connectivity index (χ1v) is 3.70. The van der Waals surface area contributed by atoms with Gasteiger partial charge < -0.3 is 0 Å². The Balaban J connectivity index is 4.26. The summed E-state index contributed by atoms with van der Waals surface area (Å²) >= 11 is 0.